The van der Waals surface area contributed by atoms with Crippen LogP contribution in [0.5, 0.6) is 0 Å². The summed E-state index contributed by atoms with van der Waals surface area (Å²) in [5.41, 5.74) is 5.02. The summed E-state index contributed by atoms with van der Waals surface area (Å²) < 4.78 is 4.92. The van der Waals surface area contributed by atoms with Gasteiger partial charge in [0.25, 0.3) is 0 Å². The Morgan fingerprint density at radius 3 is 2.52 bits per heavy atom. The molecule has 0 atom stereocenters. The summed E-state index contributed by atoms with van der Waals surface area (Å²) in [5, 5.41) is 7.57. The van der Waals surface area contributed by atoms with E-state index in [1.54, 1.807) is 13.3 Å². The number of benzene rings is 1. The van der Waals surface area contributed by atoms with Gasteiger partial charge in [-0.15, -0.1) is 0 Å². The molecule has 0 saturated carbocycles. The van der Waals surface area contributed by atoms with Crippen molar-refractivity contribution in [1.29, 1.82) is 0 Å². The van der Waals surface area contributed by atoms with Crippen molar-refractivity contribution < 1.29 is 4.74 Å². The second-order valence-corrected chi connectivity index (χ2v) is 4.79. The summed E-state index contributed by atoms with van der Waals surface area (Å²) in [5.74, 6) is 0. The highest BCUT2D eigenvalue weighted by molar-refractivity contribution is 7.80. The fourth-order valence-electron chi connectivity index (χ4n) is 1.83. The lowest BCUT2D eigenvalue weighted by atomic mass is 10.2. The highest BCUT2D eigenvalue weighted by atomic mass is 32.1. The van der Waals surface area contributed by atoms with Crippen molar-refractivity contribution >= 4 is 29.2 Å². The molecule has 0 spiro atoms. The fourth-order valence-corrected chi connectivity index (χ4v) is 1.99. The summed E-state index contributed by atoms with van der Waals surface area (Å²) in [6, 6.07) is 8.29. The van der Waals surface area contributed by atoms with Gasteiger partial charge in [-0.3, -0.25) is 5.43 Å². The molecule has 0 radical (unpaired) electrons. The Labute approximate surface area is 132 Å². The normalized spacial score (nSPS) is 10.6. The van der Waals surface area contributed by atoms with Crippen molar-refractivity contribution in [3.05, 3.63) is 29.8 Å². The lowest BCUT2D eigenvalue weighted by Crippen LogP contribution is -2.34. The molecule has 0 saturated heterocycles. The summed E-state index contributed by atoms with van der Waals surface area (Å²) in [7, 11) is 1.65. The third kappa shape index (κ3) is 6.55. The molecule has 5 nitrogen and oxygen atoms in total. The van der Waals surface area contributed by atoms with Crippen LogP contribution in [0.15, 0.2) is 29.4 Å². The first kappa shape index (κ1) is 17.4. The van der Waals surface area contributed by atoms with Gasteiger partial charge in [-0.25, -0.2) is 0 Å². The first-order valence-corrected chi connectivity index (χ1v) is 7.52. The van der Waals surface area contributed by atoms with Crippen molar-refractivity contribution in [1.82, 2.24) is 10.7 Å². The van der Waals surface area contributed by atoms with E-state index in [1.807, 2.05) is 12.1 Å². The van der Waals surface area contributed by atoms with Gasteiger partial charge in [0.2, 0.25) is 0 Å². The molecule has 116 valence electrons. The Bertz CT molecular complexity index is 443. The maximum Gasteiger partial charge on any atom is 0.187 e. The van der Waals surface area contributed by atoms with Gasteiger partial charge in [0.15, 0.2) is 5.11 Å². The number of hydrazone groups is 1. The highest BCUT2D eigenvalue weighted by Gasteiger charge is 2.00. The minimum Gasteiger partial charge on any atom is -0.383 e. The monoisotopic (exact) mass is 308 g/mol. The molecular weight excluding hydrogens is 284 g/mol. The zero-order chi connectivity index (χ0) is 15.5. The van der Waals surface area contributed by atoms with E-state index in [4.69, 9.17) is 17.0 Å². The second kappa shape index (κ2) is 10.1. The van der Waals surface area contributed by atoms with Crippen molar-refractivity contribution in [2.45, 2.75) is 13.8 Å². The van der Waals surface area contributed by atoms with Crippen LogP contribution in [0.25, 0.3) is 0 Å². The van der Waals surface area contributed by atoms with Crippen LogP contribution in [-0.4, -0.2) is 44.7 Å². The van der Waals surface area contributed by atoms with Gasteiger partial charge in [0.05, 0.1) is 12.8 Å². The molecule has 0 aliphatic rings. The van der Waals surface area contributed by atoms with Gasteiger partial charge < -0.3 is 15.0 Å². The van der Waals surface area contributed by atoms with Gasteiger partial charge in [0.1, 0.15) is 0 Å². The number of hydrogen-bond donors (Lipinski definition) is 2. The quantitative estimate of drug-likeness (QED) is 0.333. The highest BCUT2D eigenvalue weighted by Crippen LogP contribution is 2.13. The minimum atomic E-state index is 0.489. The summed E-state index contributed by atoms with van der Waals surface area (Å²) in [6.45, 7) is 7.59. The average Bonchev–Trinajstić information content (AvgIpc) is 2.50. The smallest absolute Gasteiger partial charge is 0.187 e. The van der Waals surface area contributed by atoms with E-state index in [0.29, 0.717) is 18.3 Å². The van der Waals surface area contributed by atoms with E-state index in [1.165, 1.54) is 5.69 Å². The summed E-state index contributed by atoms with van der Waals surface area (Å²) in [6.07, 6.45) is 1.75. The van der Waals surface area contributed by atoms with Crippen molar-refractivity contribution in [3.63, 3.8) is 0 Å². The van der Waals surface area contributed by atoms with Crippen molar-refractivity contribution in [3.8, 4) is 0 Å². The number of methoxy groups -OCH3 is 1. The molecule has 1 aromatic rings. The van der Waals surface area contributed by atoms with Crippen LogP contribution in [0.4, 0.5) is 5.69 Å². The number of rotatable bonds is 8. The van der Waals surface area contributed by atoms with E-state index >= 15 is 0 Å². The topological polar surface area (TPSA) is 48.9 Å². The average molecular weight is 308 g/mol. The molecule has 1 rings (SSSR count). The molecule has 0 aliphatic carbocycles. The second-order valence-electron chi connectivity index (χ2n) is 4.38. The molecule has 0 aliphatic heterocycles. The van der Waals surface area contributed by atoms with E-state index in [2.05, 4.69) is 46.7 Å². The molecule has 2 N–H and O–H groups in total. The van der Waals surface area contributed by atoms with Gasteiger partial charge in [-0.05, 0) is 43.8 Å². The molecule has 0 heterocycles. The Hall–Kier alpha value is -1.66. The first-order valence-electron chi connectivity index (χ1n) is 7.12. The zero-order valence-electron chi connectivity index (χ0n) is 12.9. The van der Waals surface area contributed by atoms with Crippen LogP contribution >= 0.6 is 12.2 Å². The number of anilines is 1. The Kier molecular flexibility index (Phi) is 8.38. The predicted molar refractivity (Wildman–Crippen MR) is 93.2 cm³/mol. The van der Waals surface area contributed by atoms with Crippen LogP contribution < -0.4 is 15.6 Å². The Morgan fingerprint density at radius 2 is 1.95 bits per heavy atom. The molecule has 21 heavy (non-hydrogen) atoms. The Balaban J connectivity index is 2.44. The Morgan fingerprint density at radius 1 is 1.29 bits per heavy atom. The SMILES string of the molecule is CCN(CC)c1ccc(C=NNC(=S)NCCOC)cc1. The largest absolute Gasteiger partial charge is 0.383 e. The number of nitrogens with zero attached hydrogens (tertiary/aromatic N) is 2. The molecule has 0 fully saturated rings. The van der Waals surface area contributed by atoms with Crippen molar-refractivity contribution in [2.24, 2.45) is 5.10 Å². The third-order valence-corrected chi connectivity index (χ3v) is 3.23. The fraction of sp³-hybridized carbons (Fsp3) is 0.467. The molecule has 1 aromatic carbocycles. The molecular formula is C15H24N4OS. The molecule has 0 amide bonds. The zero-order valence-corrected chi connectivity index (χ0v) is 13.7. The maximum atomic E-state index is 5.07. The number of ether oxygens (including phenoxy) is 1. The molecule has 0 aromatic heterocycles. The molecule has 0 bridgehead atoms. The van der Waals surface area contributed by atoms with Crippen LogP contribution in [0.2, 0.25) is 0 Å². The predicted octanol–water partition coefficient (Wildman–Crippen LogP) is 1.98. The lowest BCUT2D eigenvalue weighted by Gasteiger charge is -2.20. The van der Waals surface area contributed by atoms with Crippen LogP contribution in [-0.2, 0) is 4.74 Å². The first-order chi connectivity index (χ1) is 10.2. The molecule has 6 heteroatoms. The standard InChI is InChI=1S/C15H24N4OS/c1-4-19(5-2)14-8-6-13(7-9-14)12-17-18-15(21)16-10-11-20-3/h6-9,12H,4-5,10-11H2,1-3H3,(H2,16,18,21). The third-order valence-electron chi connectivity index (χ3n) is 2.99. The van der Waals surface area contributed by atoms with Crippen LogP contribution in [0, 0.1) is 0 Å². The maximum absolute atomic E-state index is 5.07. The van der Waals surface area contributed by atoms with Crippen LogP contribution in [0.1, 0.15) is 19.4 Å². The van der Waals surface area contributed by atoms with E-state index in [9.17, 15) is 0 Å². The van der Waals surface area contributed by atoms with Crippen molar-refractivity contribution in [2.75, 3.05) is 38.3 Å². The van der Waals surface area contributed by atoms with E-state index in [0.717, 1.165) is 18.7 Å². The van der Waals surface area contributed by atoms with Gasteiger partial charge in [-0.2, -0.15) is 5.10 Å². The number of nitrogens with one attached hydrogen (secondary N) is 2. The van der Waals surface area contributed by atoms with Gasteiger partial charge >= 0.3 is 0 Å². The van der Waals surface area contributed by atoms with Gasteiger partial charge in [-0.1, -0.05) is 12.1 Å². The minimum absolute atomic E-state index is 0.489. The summed E-state index contributed by atoms with van der Waals surface area (Å²) in [4.78, 5) is 2.30. The molecule has 0 unspecified atom stereocenters. The van der Waals surface area contributed by atoms with E-state index in [-0.39, 0.29) is 0 Å². The summed E-state index contributed by atoms with van der Waals surface area (Å²) >= 11 is 5.07. The number of thiocarbonyl (C=S) groups is 1. The van der Waals surface area contributed by atoms with E-state index < -0.39 is 0 Å². The number of hydrogen-bond acceptors (Lipinski definition) is 4. The van der Waals surface area contributed by atoms with Gasteiger partial charge in [0, 0.05) is 32.4 Å². The lowest BCUT2D eigenvalue weighted by molar-refractivity contribution is 0.204. The van der Waals surface area contributed by atoms with Crippen LogP contribution in [0.3, 0.4) is 0 Å².